The van der Waals surface area contributed by atoms with Crippen molar-refractivity contribution in [1.82, 2.24) is 0 Å². The van der Waals surface area contributed by atoms with E-state index >= 15 is 0 Å². The number of rotatable bonds is 6. The summed E-state index contributed by atoms with van der Waals surface area (Å²) in [4.78, 5) is 19.4. The molecule has 0 rings (SSSR count). The number of ether oxygens (including phenoxy) is 1. The molecule has 0 bridgehead atoms. The van der Waals surface area contributed by atoms with Crippen LogP contribution in [0.3, 0.4) is 0 Å². The Labute approximate surface area is 101 Å². The molecule has 8 heteroatoms. The Morgan fingerprint density at radius 3 is 2.50 bits per heavy atom. The fourth-order valence-corrected chi connectivity index (χ4v) is 1.47. The van der Waals surface area contributed by atoms with Crippen LogP contribution in [0.15, 0.2) is 0 Å². The van der Waals surface area contributed by atoms with Gasteiger partial charge in [0.15, 0.2) is 0 Å². The Bertz CT molecular complexity index is 124. The monoisotopic (exact) mass is 436 g/mol. The molecule has 0 saturated carbocycles. The second-order valence-corrected chi connectivity index (χ2v) is 3.56. The molecule has 0 amide bonds. The molecule has 0 aromatic rings. The number of carbonyl (C=O) groups excluding carboxylic acids is 1. The van der Waals surface area contributed by atoms with E-state index in [1.807, 2.05) is 0 Å². The second kappa shape index (κ2) is 14.6. The van der Waals surface area contributed by atoms with Crippen LogP contribution in [-0.4, -0.2) is 29.2 Å². The zero-order chi connectivity index (χ0) is 9.82. The lowest BCUT2D eigenvalue weighted by molar-refractivity contribution is -0.134. The topological polar surface area (TPSA) is 63.6 Å². The summed E-state index contributed by atoms with van der Waals surface area (Å²) in [6.45, 7) is 0.328. The quantitative estimate of drug-likeness (QED) is 0.227. The number of halogens is 2. The highest BCUT2D eigenvalue weighted by Gasteiger charge is 1.95. The van der Waals surface area contributed by atoms with E-state index in [-0.39, 0.29) is 11.7 Å². The van der Waals surface area contributed by atoms with Crippen LogP contribution < -0.4 is 0 Å². The molecule has 72 valence electrons. The zero-order valence-electron chi connectivity index (χ0n) is 5.74. The minimum absolute atomic E-state index is 0.0207. The van der Waals surface area contributed by atoms with E-state index in [2.05, 4.69) is 42.0 Å². The maximum absolute atomic E-state index is 9.89. The third-order valence-corrected chi connectivity index (χ3v) is 2.36. The van der Waals surface area contributed by atoms with Gasteiger partial charge in [-0.25, -0.2) is 0 Å². The number of aliphatic carboxylic acids is 1. The molecule has 0 saturated heterocycles. The van der Waals surface area contributed by atoms with Crippen molar-refractivity contribution >= 4 is 71.3 Å². The van der Waals surface area contributed by atoms with Crippen molar-refractivity contribution in [1.29, 1.82) is 0 Å². The van der Waals surface area contributed by atoms with Gasteiger partial charge in [0.2, 0.25) is 0 Å². The maximum Gasteiger partial charge on any atom is 0.314 e. The van der Waals surface area contributed by atoms with Gasteiger partial charge in [0, 0.05) is 37.2 Å². The molecule has 0 heterocycles. The standard InChI is InChI=1S/C4H6O4S2.I2/c5-2-8-3-10-9-1-4(6)7;1-2/h2H,1,3H2,(H,6,7);. The normalized spacial score (nSPS) is 7.83. The summed E-state index contributed by atoms with van der Waals surface area (Å²) in [5.41, 5.74) is 0. The first-order valence-corrected chi connectivity index (χ1v) is 11.2. The van der Waals surface area contributed by atoms with E-state index in [9.17, 15) is 9.59 Å². The Morgan fingerprint density at radius 2 is 2.08 bits per heavy atom. The SMILES string of the molecule is II.O=COCSSCC(=O)O. The lowest BCUT2D eigenvalue weighted by Crippen LogP contribution is -1.96. The zero-order valence-corrected chi connectivity index (χ0v) is 11.7. The van der Waals surface area contributed by atoms with Crippen LogP contribution in [0.4, 0.5) is 0 Å². The van der Waals surface area contributed by atoms with E-state index in [0.29, 0.717) is 6.47 Å². The van der Waals surface area contributed by atoms with Gasteiger partial charge in [-0.1, -0.05) is 21.6 Å². The minimum Gasteiger partial charge on any atom is -0.481 e. The van der Waals surface area contributed by atoms with Crippen LogP contribution in [0.1, 0.15) is 0 Å². The molecule has 0 spiro atoms. The first-order chi connectivity index (χ1) is 5.77. The van der Waals surface area contributed by atoms with Gasteiger partial charge in [0.1, 0.15) is 11.7 Å². The third kappa shape index (κ3) is 17.3. The van der Waals surface area contributed by atoms with Crippen LogP contribution in [0, 0.1) is 0 Å². The van der Waals surface area contributed by atoms with Crippen molar-refractivity contribution in [3.05, 3.63) is 0 Å². The van der Waals surface area contributed by atoms with Gasteiger partial charge in [0.25, 0.3) is 6.47 Å². The van der Waals surface area contributed by atoms with E-state index < -0.39 is 5.97 Å². The largest absolute Gasteiger partial charge is 0.481 e. The van der Waals surface area contributed by atoms with Gasteiger partial charge in [-0.05, 0) is 0 Å². The highest BCUT2D eigenvalue weighted by Crippen LogP contribution is 2.19. The van der Waals surface area contributed by atoms with Crippen molar-refractivity contribution in [2.45, 2.75) is 0 Å². The number of carboxylic acids is 1. The summed E-state index contributed by atoms with van der Waals surface area (Å²) in [5, 5.41) is 8.13. The second-order valence-electron chi connectivity index (χ2n) is 1.15. The summed E-state index contributed by atoms with van der Waals surface area (Å²) in [6.07, 6.45) is 0. The molecule has 0 unspecified atom stereocenters. The maximum atomic E-state index is 9.89. The van der Waals surface area contributed by atoms with Gasteiger partial charge < -0.3 is 9.84 Å². The van der Waals surface area contributed by atoms with Gasteiger partial charge in [-0.15, -0.1) is 0 Å². The Balaban J connectivity index is 0. The molecule has 12 heavy (non-hydrogen) atoms. The predicted molar refractivity (Wildman–Crippen MR) is 67.7 cm³/mol. The molecule has 0 aliphatic carbocycles. The van der Waals surface area contributed by atoms with Crippen LogP contribution in [-0.2, 0) is 14.3 Å². The average molecular weight is 436 g/mol. The molecule has 0 aromatic carbocycles. The minimum atomic E-state index is -0.872. The summed E-state index contributed by atoms with van der Waals surface area (Å²) in [5.74, 6) is -0.655. The molecule has 1 N–H and O–H groups in total. The van der Waals surface area contributed by atoms with Gasteiger partial charge >= 0.3 is 5.97 Å². The Morgan fingerprint density at radius 1 is 1.50 bits per heavy atom. The van der Waals surface area contributed by atoms with Crippen molar-refractivity contribution in [2.75, 3.05) is 11.7 Å². The number of carbonyl (C=O) groups is 2. The lowest BCUT2D eigenvalue weighted by Gasteiger charge is -1.94. The predicted octanol–water partition coefficient (Wildman–Crippen LogP) is 2.35. The van der Waals surface area contributed by atoms with Gasteiger partial charge in [-0.2, -0.15) is 0 Å². The van der Waals surface area contributed by atoms with Crippen LogP contribution in [0.25, 0.3) is 0 Å². The van der Waals surface area contributed by atoms with Crippen LogP contribution >= 0.6 is 58.8 Å². The fraction of sp³-hybridized carbons (Fsp3) is 0.500. The first kappa shape index (κ1) is 15.6. The van der Waals surface area contributed by atoms with E-state index in [1.54, 1.807) is 0 Å². The highest BCUT2D eigenvalue weighted by atomic mass is 128. The highest BCUT2D eigenvalue weighted by molar-refractivity contribution is 15.0. The lowest BCUT2D eigenvalue weighted by atomic mass is 10.8. The Hall–Kier alpha value is 1.10. The van der Waals surface area contributed by atoms with Crippen molar-refractivity contribution in [3.8, 4) is 0 Å². The average Bonchev–Trinajstić information content (AvgIpc) is 2.07. The molecule has 0 aliphatic heterocycles. The molecule has 0 fully saturated rings. The first-order valence-electron chi connectivity index (χ1n) is 2.43. The van der Waals surface area contributed by atoms with E-state index in [1.165, 1.54) is 10.8 Å². The molecule has 0 aromatic heterocycles. The number of hydrogen-bond acceptors (Lipinski definition) is 5. The fourth-order valence-electron chi connectivity index (χ4n) is 0.182. The molecular formula is C4H6I2O4S2. The van der Waals surface area contributed by atoms with Crippen molar-refractivity contribution in [2.24, 2.45) is 0 Å². The van der Waals surface area contributed by atoms with Crippen molar-refractivity contribution in [3.63, 3.8) is 0 Å². The van der Waals surface area contributed by atoms with E-state index in [0.717, 1.165) is 10.8 Å². The summed E-state index contributed by atoms with van der Waals surface area (Å²) in [6, 6.07) is 0. The van der Waals surface area contributed by atoms with Gasteiger partial charge in [-0.3, -0.25) is 9.59 Å². The third-order valence-electron chi connectivity index (χ3n) is 0.450. The smallest absolute Gasteiger partial charge is 0.314 e. The summed E-state index contributed by atoms with van der Waals surface area (Å²) >= 11 is 4.24. The molecule has 0 aliphatic rings. The molecule has 4 nitrogen and oxygen atoms in total. The molecule has 0 atom stereocenters. The van der Waals surface area contributed by atoms with E-state index in [4.69, 9.17) is 5.11 Å². The van der Waals surface area contributed by atoms with Crippen LogP contribution in [0.5, 0.6) is 0 Å². The number of carboxylic acid groups (broad SMARTS) is 1. The summed E-state index contributed by atoms with van der Waals surface area (Å²) in [7, 11) is 2.32. The number of hydrogen-bond donors (Lipinski definition) is 1. The molecular weight excluding hydrogens is 430 g/mol. The van der Waals surface area contributed by atoms with Gasteiger partial charge in [0.05, 0.1) is 0 Å². The van der Waals surface area contributed by atoms with Crippen molar-refractivity contribution < 1.29 is 19.4 Å². The van der Waals surface area contributed by atoms with Crippen LogP contribution in [0.2, 0.25) is 0 Å². The Kier molecular flexibility index (Phi) is 19.0. The molecule has 0 radical (unpaired) electrons. The summed E-state index contributed by atoms with van der Waals surface area (Å²) < 4.78 is 4.28.